The predicted molar refractivity (Wildman–Crippen MR) is 111 cm³/mol. The van der Waals surface area contributed by atoms with Crippen LogP contribution < -0.4 is 10.9 Å². The number of aryl methyl sites for hydroxylation is 1. The summed E-state index contributed by atoms with van der Waals surface area (Å²) in [6.45, 7) is 1.40. The molecule has 2 aromatic carbocycles. The number of hydrogen-bond acceptors (Lipinski definition) is 2. The Bertz CT molecular complexity index is 1160. The smallest absolute Gasteiger partial charge is 0.255 e. The van der Waals surface area contributed by atoms with Gasteiger partial charge in [0.05, 0.1) is 5.56 Å². The summed E-state index contributed by atoms with van der Waals surface area (Å²) in [4.78, 5) is 24.6. The molecule has 0 unspecified atom stereocenters. The number of carbonyl (C=O) groups excluding carboxylic acids is 1. The lowest BCUT2D eigenvalue weighted by molar-refractivity contribution is 0.0952. The van der Waals surface area contributed by atoms with Crippen LogP contribution in [-0.4, -0.2) is 21.6 Å². The SMILES string of the molecule is O=C(NCCCn1ccc2ccccc21)c1ccc(=O)n(-c2ccccc2)c1. The molecule has 4 aromatic rings. The normalized spacial score (nSPS) is 10.9. The van der Waals surface area contributed by atoms with Crippen molar-refractivity contribution in [3.8, 4) is 5.69 Å². The number of aromatic nitrogens is 2. The molecular weight excluding hydrogens is 350 g/mol. The van der Waals surface area contributed by atoms with Gasteiger partial charge in [0.1, 0.15) is 0 Å². The zero-order chi connectivity index (χ0) is 19.3. The fraction of sp³-hybridized carbons (Fsp3) is 0.130. The average molecular weight is 371 g/mol. The van der Waals surface area contributed by atoms with E-state index in [1.807, 2.05) is 42.5 Å². The lowest BCUT2D eigenvalue weighted by Crippen LogP contribution is -2.27. The van der Waals surface area contributed by atoms with Crippen molar-refractivity contribution in [3.63, 3.8) is 0 Å². The van der Waals surface area contributed by atoms with E-state index >= 15 is 0 Å². The summed E-state index contributed by atoms with van der Waals surface area (Å²) in [6.07, 6.45) is 4.48. The van der Waals surface area contributed by atoms with Crippen LogP contribution in [0, 0.1) is 0 Å². The number of para-hydroxylation sites is 2. The zero-order valence-electron chi connectivity index (χ0n) is 15.4. The Morgan fingerprint density at radius 3 is 2.54 bits per heavy atom. The Balaban J connectivity index is 1.38. The van der Waals surface area contributed by atoms with E-state index in [4.69, 9.17) is 0 Å². The summed E-state index contributed by atoms with van der Waals surface area (Å²) in [5, 5.41) is 4.16. The Hall–Kier alpha value is -3.60. The molecule has 0 aliphatic rings. The number of rotatable bonds is 6. The zero-order valence-corrected chi connectivity index (χ0v) is 15.4. The van der Waals surface area contributed by atoms with Gasteiger partial charge in [-0.3, -0.25) is 14.2 Å². The topological polar surface area (TPSA) is 56.0 Å². The first-order valence-electron chi connectivity index (χ1n) is 9.32. The van der Waals surface area contributed by atoms with Crippen molar-refractivity contribution < 1.29 is 4.79 Å². The molecule has 1 N–H and O–H groups in total. The van der Waals surface area contributed by atoms with Crippen LogP contribution in [-0.2, 0) is 6.54 Å². The van der Waals surface area contributed by atoms with Gasteiger partial charge in [0.25, 0.3) is 11.5 Å². The van der Waals surface area contributed by atoms with Crippen molar-refractivity contribution in [1.29, 1.82) is 0 Å². The van der Waals surface area contributed by atoms with Gasteiger partial charge >= 0.3 is 0 Å². The summed E-state index contributed by atoms with van der Waals surface area (Å²) in [5.74, 6) is -0.179. The largest absolute Gasteiger partial charge is 0.352 e. The molecule has 5 nitrogen and oxygen atoms in total. The number of nitrogens with one attached hydrogen (secondary N) is 1. The molecule has 2 heterocycles. The number of nitrogens with zero attached hydrogens (tertiary/aromatic N) is 2. The second kappa shape index (κ2) is 7.96. The van der Waals surface area contributed by atoms with E-state index in [1.165, 1.54) is 21.5 Å². The minimum absolute atomic E-state index is 0.165. The van der Waals surface area contributed by atoms with E-state index in [2.05, 4.69) is 34.3 Å². The average Bonchev–Trinajstić information content (AvgIpc) is 3.15. The van der Waals surface area contributed by atoms with Gasteiger partial charge in [-0.1, -0.05) is 36.4 Å². The van der Waals surface area contributed by atoms with Gasteiger partial charge in [0, 0.05) is 42.8 Å². The van der Waals surface area contributed by atoms with Gasteiger partial charge < -0.3 is 9.88 Å². The number of benzene rings is 2. The number of carbonyl (C=O) groups is 1. The third kappa shape index (κ3) is 3.74. The molecule has 0 bridgehead atoms. The minimum atomic E-state index is -0.179. The maximum absolute atomic E-state index is 12.5. The van der Waals surface area contributed by atoms with E-state index in [0.717, 1.165) is 18.7 Å². The van der Waals surface area contributed by atoms with Crippen molar-refractivity contribution in [2.45, 2.75) is 13.0 Å². The second-order valence-electron chi connectivity index (χ2n) is 6.64. The fourth-order valence-corrected chi connectivity index (χ4v) is 3.30. The highest BCUT2D eigenvalue weighted by molar-refractivity contribution is 5.93. The van der Waals surface area contributed by atoms with Gasteiger partial charge in [-0.2, -0.15) is 0 Å². The molecular formula is C23H21N3O2. The predicted octanol–water partition coefficient (Wildman–Crippen LogP) is 3.61. The first-order chi connectivity index (χ1) is 13.7. The molecule has 5 heteroatoms. The summed E-state index contributed by atoms with van der Waals surface area (Å²) >= 11 is 0. The molecule has 4 rings (SSSR count). The first-order valence-corrected chi connectivity index (χ1v) is 9.32. The third-order valence-corrected chi connectivity index (χ3v) is 4.75. The Labute approximate surface area is 162 Å². The van der Waals surface area contributed by atoms with Crippen LogP contribution in [0.1, 0.15) is 16.8 Å². The van der Waals surface area contributed by atoms with E-state index in [0.29, 0.717) is 12.1 Å². The number of fused-ring (bicyclic) bond motifs is 1. The molecule has 0 spiro atoms. The Morgan fingerprint density at radius 2 is 1.68 bits per heavy atom. The second-order valence-corrected chi connectivity index (χ2v) is 6.64. The van der Waals surface area contributed by atoms with Crippen molar-refractivity contribution in [2.75, 3.05) is 6.54 Å². The minimum Gasteiger partial charge on any atom is -0.352 e. The quantitative estimate of drug-likeness (QED) is 0.527. The maximum Gasteiger partial charge on any atom is 0.255 e. The molecule has 0 radical (unpaired) electrons. The fourth-order valence-electron chi connectivity index (χ4n) is 3.30. The maximum atomic E-state index is 12.5. The molecule has 1 amide bonds. The molecule has 0 saturated carbocycles. The highest BCUT2D eigenvalue weighted by Gasteiger charge is 2.08. The molecule has 2 aromatic heterocycles. The third-order valence-electron chi connectivity index (χ3n) is 4.75. The van der Waals surface area contributed by atoms with Crippen LogP contribution in [0.4, 0.5) is 0 Å². The van der Waals surface area contributed by atoms with Gasteiger partial charge in [-0.25, -0.2) is 0 Å². The van der Waals surface area contributed by atoms with E-state index in [-0.39, 0.29) is 11.5 Å². The first kappa shape index (κ1) is 17.8. The molecule has 0 atom stereocenters. The van der Waals surface area contributed by atoms with Crippen molar-refractivity contribution >= 4 is 16.8 Å². The molecule has 28 heavy (non-hydrogen) atoms. The van der Waals surface area contributed by atoms with Crippen LogP contribution in [0.3, 0.4) is 0 Å². The van der Waals surface area contributed by atoms with Crippen LogP contribution in [0.15, 0.2) is 90.0 Å². The monoisotopic (exact) mass is 371 g/mol. The van der Waals surface area contributed by atoms with Gasteiger partial charge in [-0.15, -0.1) is 0 Å². The Morgan fingerprint density at radius 1 is 0.893 bits per heavy atom. The molecule has 0 aliphatic carbocycles. The van der Waals surface area contributed by atoms with Crippen LogP contribution in [0.25, 0.3) is 16.6 Å². The number of hydrogen-bond donors (Lipinski definition) is 1. The Kier molecular flexibility index (Phi) is 5.06. The molecule has 0 saturated heterocycles. The van der Waals surface area contributed by atoms with E-state index in [1.54, 1.807) is 12.3 Å². The van der Waals surface area contributed by atoms with Gasteiger partial charge in [0.15, 0.2) is 0 Å². The number of pyridine rings is 1. The highest BCUT2D eigenvalue weighted by atomic mass is 16.2. The van der Waals surface area contributed by atoms with Crippen molar-refractivity contribution in [3.05, 3.63) is 101 Å². The van der Waals surface area contributed by atoms with Gasteiger partial charge in [0.2, 0.25) is 0 Å². The van der Waals surface area contributed by atoms with Crippen LogP contribution in [0.5, 0.6) is 0 Å². The number of amides is 1. The van der Waals surface area contributed by atoms with E-state index < -0.39 is 0 Å². The van der Waals surface area contributed by atoms with Crippen LogP contribution in [0.2, 0.25) is 0 Å². The summed E-state index contributed by atoms with van der Waals surface area (Å²) in [6, 6.07) is 22.6. The summed E-state index contributed by atoms with van der Waals surface area (Å²) in [7, 11) is 0. The highest BCUT2D eigenvalue weighted by Crippen LogP contribution is 2.15. The van der Waals surface area contributed by atoms with Crippen molar-refractivity contribution in [2.24, 2.45) is 0 Å². The van der Waals surface area contributed by atoms with Crippen molar-refractivity contribution in [1.82, 2.24) is 14.5 Å². The summed E-state index contributed by atoms with van der Waals surface area (Å²) in [5.41, 5.74) is 2.24. The lowest BCUT2D eigenvalue weighted by Gasteiger charge is -2.10. The standard InChI is InChI=1S/C23H21N3O2/c27-22-12-11-19(17-26(22)20-8-2-1-3-9-20)23(28)24-14-6-15-25-16-13-18-7-4-5-10-21(18)25/h1-5,7-13,16-17H,6,14-15H2,(H,24,28). The molecule has 0 aliphatic heterocycles. The lowest BCUT2D eigenvalue weighted by atomic mass is 10.2. The van der Waals surface area contributed by atoms with Crippen LogP contribution >= 0.6 is 0 Å². The summed E-state index contributed by atoms with van der Waals surface area (Å²) < 4.78 is 3.68. The molecule has 0 fully saturated rings. The van der Waals surface area contributed by atoms with E-state index in [9.17, 15) is 9.59 Å². The molecule has 140 valence electrons. The van der Waals surface area contributed by atoms with Gasteiger partial charge in [-0.05, 0) is 42.1 Å².